The first-order valence-electron chi connectivity index (χ1n) is 4.09. The van der Waals surface area contributed by atoms with Gasteiger partial charge in [0.15, 0.2) is 5.82 Å². The Morgan fingerprint density at radius 2 is 2.46 bits per heavy atom. The Hall–Kier alpha value is -0.810. The van der Waals surface area contributed by atoms with Crippen LogP contribution in [0.15, 0.2) is 16.7 Å². The lowest BCUT2D eigenvalue weighted by atomic mass is 10.4. The first-order chi connectivity index (χ1) is 6.27. The Kier molecular flexibility index (Phi) is 2.37. The topological polar surface area (TPSA) is 51.4 Å². The molecule has 1 aromatic rings. The van der Waals surface area contributed by atoms with Crippen molar-refractivity contribution in [2.45, 2.75) is 6.42 Å². The maximum Gasteiger partial charge on any atom is 0.166 e. The van der Waals surface area contributed by atoms with Crippen LogP contribution < -0.4 is 10.8 Å². The van der Waals surface area contributed by atoms with Crippen molar-refractivity contribution in [3.05, 3.63) is 16.7 Å². The minimum Gasteiger partial charge on any atom is -0.397 e. The van der Waals surface area contributed by atoms with Gasteiger partial charge in [0.1, 0.15) is 0 Å². The maximum absolute atomic E-state index is 5.57. The summed E-state index contributed by atoms with van der Waals surface area (Å²) in [5, 5.41) is 1.78. The highest BCUT2D eigenvalue weighted by Gasteiger charge is 2.17. The van der Waals surface area contributed by atoms with Crippen LogP contribution in [-0.2, 0) is 4.84 Å². The van der Waals surface area contributed by atoms with E-state index in [9.17, 15) is 0 Å². The second-order valence-corrected chi connectivity index (χ2v) is 3.72. The second kappa shape index (κ2) is 3.51. The molecule has 0 unspecified atom stereocenters. The molecule has 2 heterocycles. The van der Waals surface area contributed by atoms with Crippen molar-refractivity contribution in [3.8, 4) is 0 Å². The Bertz CT molecular complexity index is 312. The Balaban J connectivity index is 2.29. The molecule has 2 N–H and O–H groups in total. The normalized spacial score (nSPS) is 16.5. The number of hydroxylamine groups is 1. The summed E-state index contributed by atoms with van der Waals surface area (Å²) in [4.78, 5) is 9.55. The number of hydrogen-bond donors (Lipinski definition) is 1. The number of anilines is 2. The number of hydrogen-bond acceptors (Lipinski definition) is 4. The van der Waals surface area contributed by atoms with Gasteiger partial charge < -0.3 is 5.73 Å². The molecule has 0 saturated carbocycles. The number of nitrogens with zero attached hydrogens (tertiary/aromatic N) is 2. The lowest BCUT2D eigenvalue weighted by molar-refractivity contribution is 0.166. The van der Waals surface area contributed by atoms with E-state index in [0.717, 1.165) is 29.9 Å². The van der Waals surface area contributed by atoms with Gasteiger partial charge in [-0.25, -0.2) is 10.0 Å². The molecule has 0 radical (unpaired) electrons. The van der Waals surface area contributed by atoms with Gasteiger partial charge in [0.25, 0.3) is 0 Å². The molecule has 13 heavy (non-hydrogen) atoms. The van der Waals surface area contributed by atoms with E-state index in [0.29, 0.717) is 5.69 Å². The molecule has 1 fully saturated rings. The van der Waals surface area contributed by atoms with Gasteiger partial charge in [-0.1, -0.05) is 0 Å². The lowest BCUT2D eigenvalue weighted by Gasteiger charge is -2.16. The minimum atomic E-state index is 0.648. The molecule has 1 saturated heterocycles. The number of pyridine rings is 1. The molecule has 5 heteroatoms. The largest absolute Gasteiger partial charge is 0.397 e. The monoisotopic (exact) mass is 243 g/mol. The van der Waals surface area contributed by atoms with Crippen LogP contribution in [0.4, 0.5) is 11.5 Å². The molecule has 0 aliphatic carbocycles. The fourth-order valence-corrected chi connectivity index (χ4v) is 1.81. The summed E-state index contributed by atoms with van der Waals surface area (Å²) < 4.78 is 0.870. The molecular formula is C8H10BrN3O. The SMILES string of the molecule is Nc1cnc(N2CCCO2)c(Br)c1. The molecule has 1 aliphatic heterocycles. The lowest BCUT2D eigenvalue weighted by Crippen LogP contribution is -2.18. The molecule has 1 aromatic heterocycles. The van der Waals surface area contributed by atoms with Crippen molar-refractivity contribution in [3.63, 3.8) is 0 Å². The summed E-state index contributed by atoms with van der Waals surface area (Å²) in [7, 11) is 0. The molecule has 0 spiro atoms. The Morgan fingerprint density at radius 3 is 3.08 bits per heavy atom. The molecule has 0 amide bonds. The third kappa shape index (κ3) is 1.76. The van der Waals surface area contributed by atoms with Crippen molar-refractivity contribution in [1.29, 1.82) is 0 Å². The zero-order chi connectivity index (χ0) is 9.26. The van der Waals surface area contributed by atoms with Gasteiger partial charge in [-0.05, 0) is 28.4 Å². The number of rotatable bonds is 1. The summed E-state index contributed by atoms with van der Waals surface area (Å²) in [5.74, 6) is 0.798. The van der Waals surface area contributed by atoms with Gasteiger partial charge in [-0.3, -0.25) is 4.84 Å². The van der Waals surface area contributed by atoms with Crippen LogP contribution >= 0.6 is 15.9 Å². The second-order valence-electron chi connectivity index (χ2n) is 2.86. The van der Waals surface area contributed by atoms with Crippen molar-refractivity contribution in [2.75, 3.05) is 23.9 Å². The average molecular weight is 244 g/mol. The van der Waals surface area contributed by atoms with E-state index >= 15 is 0 Å². The number of halogens is 1. The third-order valence-electron chi connectivity index (χ3n) is 1.83. The van der Waals surface area contributed by atoms with Crippen molar-refractivity contribution in [1.82, 2.24) is 4.98 Å². The molecule has 70 valence electrons. The van der Waals surface area contributed by atoms with Gasteiger partial charge in [-0.2, -0.15) is 0 Å². The molecule has 4 nitrogen and oxygen atoms in total. The highest BCUT2D eigenvalue weighted by atomic mass is 79.9. The summed E-state index contributed by atoms with van der Waals surface area (Å²) >= 11 is 3.39. The smallest absolute Gasteiger partial charge is 0.166 e. The Morgan fingerprint density at radius 1 is 1.62 bits per heavy atom. The summed E-state index contributed by atoms with van der Waals surface area (Å²) in [6.45, 7) is 1.65. The summed E-state index contributed by atoms with van der Waals surface area (Å²) in [5.41, 5.74) is 6.22. The van der Waals surface area contributed by atoms with Crippen LogP contribution in [-0.4, -0.2) is 18.1 Å². The van der Waals surface area contributed by atoms with Crippen LogP contribution in [0.25, 0.3) is 0 Å². The highest BCUT2D eigenvalue weighted by molar-refractivity contribution is 9.10. The fraction of sp³-hybridized carbons (Fsp3) is 0.375. The van der Waals surface area contributed by atoms with Crippen molar-refractivity contribution >= 4 is 27.4 Å². The van der Waals surface area contributed by atoms with Crippen molar-refractivity contribution < 1.29 is 4.84 Å². The highest BCUT2D eigenvalue weighted by Crippen LogP contribution is 2.27. The van der Waals surface area contributed by atoms with Gasteiger partial charge in [0.2, 0.25) is 0 Å². The first-order valence-corrected chi connectivity index (χ1v) is 4.88. The van der Waals surface area contributed by atoms with E-state index in [2.05, 4.69) is 20.9 Å². The number of nitrogen functional groups attached to an aromatic ring is 1. The van der Waals surface area contributed by atoms with E-state index in [1.165, 1.54) is 0 Å². The van der Waals surface area contributed by atoms with E-state index in [-0.39, 0.29) is 0 Å². The zero-order valence-corrected chi connectivity index (χ0v) is 8.62. The maximum atomic E-state index is 5.57. The number of nitrogens with two attached hydrogens (primary N) is 1. The number of aromatic nitrogens is 1. The van der Waals surface area contributed by atoms with Crippen LogP contribution in [0.2, 0.25) is 0 Å². The van der Waals surface area contributed by atoms with Crippen LogP contribution in [0.3, 0.4) is 0 Å². The fourth-order valence-electron chi connectivity index (χ4n) is 1.24. The third-order valence-corrected chi connectivity index (χ3v) is 2.42. The Labute approximate surface area is 84.8 Å². The van der Waals surface area contributed by atoms with Gasteiger partial charge in [0, 0.05) is 6.54 Å². The summed E-state index contributed by atoms with van der Waals surface area (Å²) in [6, 6.07) is 1.82. The molecule has 0 aromatic carbocycles. The predicted octanol–water partition coefficient (Wildman–Crippen LogP) is 1.57. The molecule has 0 atom stereocenters. The van der Waals surface area contributed by atoms with E-state index < -0.39 is 0 Å². The summed E-state index contributed by atoms with van der Waals surface area (Å²) in [6.07, 6.45) is 2.67. The predicted molar refractivity (Wildman–Crippen MR) is 54.3 cm³/mol. The van der Waals surface area contributed by atoms with Gasteiger partial charge >= 0.3 is 0 Å². The minimum absolute atomic E-state index is 0.648. The first kappa shape index (κ1) is 8.77. The molecule has 1 aliphatic rings. The average Bonchev–Trinajstić information content (AvgIpc) is 2.56. The van der Waals surface area contributed by atoms with Crippen LogP contribution in [0.1, 0.15) is 6.42 Å². The van der Waals surface area contributed by atoms with Gasteiger partial charge in [-0.15, -0.1) is 0 Å². The van der Waals surface area contributed by atoms with Crippen molar-refractivity contribution in [2.24, 2.45) is 0 Å². The van der Waals surface area contributed by atoms with Gasteiger partial charge in [0.05, 0.1) is 23.0 Å². The van der Waals surface area contributed by atoms with E-state index in [1.54, 1.807) is 11.3 Å². The standard InChI is InChI=1S/C8H10BrN3O/c9-7-4-6(10)5-11-8(7)12-2-1-3-13-12/h4-5H,1-3,10H2. The molecular weight excluding hydrogens is 234 g/mol. The molecule has 0 bridgehead atoms. The van der Waals surface area contributed by atoms with Crippen LogP contribution in [0, 0.1) is 0 Å². The molecule has 2 rings (SSSR count). The van der Waals surface area contributed by atoms with Crippen LogP contribution in [0.5, 0.6) is 0 Å². The quantitative estimate of drug-likeness (QED) is 0.814. The zero-order valence-electron chi connectivity index (χ0n) is 7.03. The van der Waals surface area contributed by atoms with E-state index in [1.807, 2.05) is 6.07 Å². The van der Waals surface area contributed by atoms with E-state index in [4.69, 9.17) is 10.6 Å².